The smallest absolute Gasteiger partial charge is 0.325 e. The monoisotopic (exact) mass is 319 g/mol. The molecule has 23 heavy (non-hydrogen) atoms. The average molecular weight is 319 g/mol. The molecule has 3 heterocycles. The highest BCUT2D eigenvalue weighted by molar-refractivity contribution is 5.64. The number of nitrogens with one attached hydrogen (secondary N) is 2. The number of aromatic amines is 2. The van der Waals surface area contributed by atoms with Crippen molar-refractivity contribution < 1.29 is 4.39 Å². The van der Waals surface area contributed by atoms with E-state index < -0.39 is 17.4 Å². The fourth-order valence-corrected chi connectivity index (χ4v) is 2.37. The van der Waals surface area contributed by atoms with Crippen molar-refractivity contribution in [2.75, 3.05) is 18.0 Å². The van der Waals surface area contributed by atoms with Gasteiger partial charge in [-0.1, -0.05) is 0 Å². The number of nitrogens with two attached hydrogens (primary N) is 1. The van der Waals surface area contributed by atoms with Crippen molar-refractivity contribution in [3.05, 3.63) is 33.1 Å². The third kappa shape index (κ3) is 3.10. The summed E-state index contributed by atoms with van der Waals surface area (Å²) < 4.78 is 13.4. The molecule has 0 bridgehead atoms. The Morgan fingerprint density at radius 2 is 2.26 bits per heavy atom. The number of hydrogen-bond acceptors (Lipinski definition) is 6. The molecule has 1 saturated heterocycles. The van der Waals surface area contributed by atoms with Gasteiger partial charge in [0, 0.05) is 18.8 Å². The van der Waals surface area contributed by atoms with Crippen molar-refractivity contribution in [2.45, 2.75) is 12.6 Å². The maximum atomic E-state index is 13.4. The van der Waals surface area contributed by atoms with Gasteiger partial charge in [-0.15, -0.1) is 0 Å². The molecule has 1 atom stereocenters. The summed E-state index contributed by atoms with van der Waals surface area (Å²) in [7, 11) is 0. The maximum absolute atomic E-state index is 13.4. The molecule has 0 aromatic carbocycles. The first-order valence-corrected chi connectivity index (χ1v) is 6.91. The van der Waals surface area contributed by atoms with Crippen molar-refractivity contribution in [2.24, 2.45) is 10.7 Å². The molecule has 1 aliphatic heterocycles. The average Bonchev–Trinajstić information content (AvgIpc) is 2.94. The van der Waals surface area contributed by atoms with E-state index in [4.69, 9.17) is 5.73 Å². The lowest BCUT2D eigenvalue weighted by molar-refractivity contribution is 0.364. The minimum Gasteiger partial charge on any atom is -0.390 e. The molecule has 0 unspecified atom stereocenters. The van der Waals surface area contributed by atoms with Crippen LogP contribution in [-0.4, -0.2) is 45.5 Å². The van der Waals surface area contributed by atoms with Crippen LogP contribution in [0, 0.1) is 0 Å². The number of rotatable bonds is 3. The van der Waals surface area contributed by atoms with Crippen molar-refractivity contribution in [1.29, 1.82) is 0 Å². The standard InChI is InChI=1S/C13H14FN7O2/c14-7-1-2-21(5-7)10-3-9(18-12(19-10)17-6-15)8-4-16-13(23)20-11(8)22/h3-4,6-7H,1-2,5H2,(H2,15,17,18,19)(H2,16,20,22,23)/t7-/m1/s1. The van der Waals surface area contributed by atoms with Crippen LogP contribution in [0.25, 0.3) is 11.3 Å². The zero-order valence-electron chi connectivity index (χ0n) is 12.0. The number of alkyl halides is 1. The zero-order valence-corrected chi connectivity index (χ0v) is 12.0. The summed E-state index contributed by atoms with van der Waals surface area (Å²) >= 11 is 0. The number of aromatic nitrogens is 4. The molecule has 0 aliphatic carbocycles. The van der Waals surface area contributed by atoms with Gasteiger partial charge in [0.25, 0.3) is 11.5 Å². The van der Waals surface area contributed by atoms with Gasteiger partial charge in [0.15, 0.2) is 0 Å². The fraction of sp³-hybridized carbons (Fsp3) is 0.308. The van der Waals surface area contributed by atoms with E-state index in [0.717, 1.165) is 6.34 Å². The normalized spacial score (nSPS) is 18.0. The predicted octanol–water partition coefficient (Wildman–Crippen LogP) is -0.313. The predicted molar refractivity (Wildman–Crippen MR) is 82.8 cm³/mol. The Labute approximate surface area is 129 Å². The number of anilines is 1. The van der Waals surface area contributed by atoms with Crippen LogP contribution in [0.1, 0.15) is 6.42 Å². The molecular formula is C13H14FN7O2. The van der Waals surface area contributed by atoms with Gasteiger partial charge in [0.2, 0.25) is 0 Å². The Morgan fingerprint density at radius 3 is 2.91 bits per heavy atom. The summed E-state index contributed by atoms with van der Waals surface area (Å²) in [5.41, 5.74) is 4.46. The summed E-state index contributed by atoms with van der Waals surface area (Å²) in [4.78, 5) is 41.4. The second kappa shape index (κ2) is 5.99. The van der Waals surface area contributed by atoms with Gasteiger partial charge in [-0.3, -0.25) is 9.78 Å². The van der Waals surface area contributed by atoms with E-state index in [1.807, 2.05) is 0 Å². The number of hydrogen-bond donors (Lipinski definition) is 3. The second-order valence-corrected chi connectivity index (χ2v) is 5.01. The first kappa shape index (κ1) is 14.9. The van der Waals surface area contributed by atoms with Crippen LogP contribution in [0.4, 0.5) is 16.2 Å². The topological polar surface area (TPSA) is 133 Å². The van der Waals surface area contributed by atoms with Crippen molar-refractivity contribution in [3.63, 3.8) is 0 Å². The summed E-state index contributed by atoms with van der Waals surface area (Å²) in [5, 5.41) is 0. The Morgan fingerprint density at radius 1 is 1.43 bits per heavy atom. The molecule has 1 aliphatic rings. The Bertz CT molecular complexity index is 860. The minimum atomic E-state index is -0.925. The van der Waals surface area contributed by atoms with E-state index >= 15 is 0 Å². The number of nitrogens with zero attached hydrogens (tertiary/aromatic N) is 4. The van der Waals surface area contributed by atoms with Crippen molar-refractivity contribution in [1.82, 2.24) is 19.9 Å². The number of H-pyrrole nitrogens is 2. The van der Waals surface area contributed by atoms with E-state index in [0.29, 0.717) is 18.8 Å². The molecule has 4 N–H and O–H groups in total. The van der Waals surface area contributed by atoms with Gasteiger partial charge in [0.1, 0.15) is 12.0 Å². The van der Waals surface area contributed by atoms with E-state index in [1.54, 1.807) is 11.0 Å². The molecule has 120 valence electrons. The Kier molecular flexibility index (Phi) is 3.87. The van der Waals surface area contributed by atoms with Crippen LogP contribution in [-0.2, 0) is 0 Å². The molecule has 3 rings (SSSR count). The van der Waals surface area contributed by atoms with Crippen LogP contribution < -0.4 is 21.9 Å². The quantitative estimate of drug-likeness (QED) is 0.525. The highest BCUT2D eigenvalue weighted by Gasteiger charge is 2.24. The molecule has 1 fully saturated rings. The molecule has 0 radical (unpaired) electrons. The van der Waals surface area contributed by atoms with Crippen LogP contribution >= 0.6 is 0 Å². The van der Waals surface area contributed by atoms with E-state index in [9.17, 15) is 14.0 Å². The first-order valence-electron chi connectivity index (χ1n) is 6.91. The first-order chi connectivity index (χ1) is 11.1. The zero-order chi connectivity index (χ0) is 16.4. The molecule has 2 aromatic rings. The molecular weight excluding hydrogens is 305 g/mol. The van der Waals surface area contributed by atoms with Crippen molar-refractivity contribution >= 4 is 18.1 Å². The van der Waals surface area contributed by atoms with Gasteiger partial charge in [0.05, 0.1) is 24.1 Å². The number of aliphatic imine (C=N–C) groups is 1. The summed E-state index contributed by atoms with van der Waals surface area (Å²) in [6.45, 7) is 0.718. The SMILES string of the molecule is N/C=N\c1nc(-c2c[nH]c(=O)[nH]c2=O)cc(N2CC[C@@H](F)C2)n1. The van der Waals surface area contributed by atoms with Crippen LogP contribution in [0.3, 0.4) is 0 Å². The Hall–Kier alpha value is -3.04. The molecule has 0 amide bonds. The van der Waals surface area contributed by atoms with E-state index in [2.05, 4.69) is 24.9 Å². The van der Waals surface area contributed by atoms with Crippen LogP contribution in [0.5, 0.6) is 0 Å². The lowest BCUT2D eigenvalue weighted by Crippen LogP contribution is -2.24. The largest absolute Gasteiger partial charge is 0.390 e. The fourth-order valence-electron chi connectivity index (χ4n) is 2.37. The van der Waals surface area contributed by atoms with Crippen molar-refractivity contribution in [3.8, 4) is 11.3 Å². The summed E-state index contributed by atoms with van der Waals surface area (Å²) in [5.74, 6) is 0.495. The molecule has 9 nitrogen and oxygen atoms in total. The van der Waals surface area contributed by atoms with Crippen LogP contribution in [0.2, 0.25) is 0 Å². The van der Waals surface area contributed by atoms with E-state index in [1.165, 1.54) is 6.20 Å². The van der Waals surface area contributed by atoms with Gasteiger partial charge in [-0.05, 0) is 6.42 Å². The molecule has 10 heteroatoms. The Balaban J connectivity index is 2.10. The lowest BCUT2D eigenvalue weighted by atomic mass is 10.2. The molecule has 0 spiro atoms. The van der Waals surface area contributed by atoms with Gasteiger partial charge >= 0.3 is 5.69 Å². The number of halogens is 1. The minimum absolute atomic E-state index is 0.0490. The van der Waals surface area contributed by atoms with Gasteiger partial charge in [-0.2, -0.15) is 4.98 Å². The second-order valence-electron chi connectivity index (χ2n) is 5.01. The molecule has 2 aromatic heterocycles. The summed E-state index contributed by atoms with van der Waals surface area (Å²) in [6, 6.07) is 1.55. The molecule has 0 saturated carbocycles. The van der Waals surface area contributed by atoms with Gasteiger partial charge < -0.3 is 15.6 Å². The third-order valence-electron chi connectivity index (χ3n) is 3.44. The third-order valence-corrected chi connectivity index (χ3v) is 3.44. The van der Waals surface area contributed by atoms with Gasteiger partial charge in [-0.25, -0.2) is 19.2 Å². The lowest BCUT2D eigenvalue weighted by Gasteiger charge is -2.17. The maximum Gasteiger partial charge on any atom is 0.325 e. The summed E-state index contributed by atoms with van der Waals surface area (Å²) in [6.07, 6.45) is 1.77. The van der Waals surface area contributed by atoms with E-state index in [-0.39, 0.29) is 23.8 Å². The van der Waals surface area contributed by atoms with Crippen LogP contribution in [0.15, 0.2) is 26.8 Å². The highest BCUT2D eigenvalue weighted by Crippen LogP contribution is 2.25. The highest BCUT2D eigenvalue weighted by atomic mass is 19.1.